The molecule has 0 saturated heterocycles. The van der Waals surface area contributed by atoms with Crippen LogP contribution in [0.4, 0.5) is 0 Å². The summed E-state index contributed by atoms with van der Waals surface area (Å²) in [5.74, 6) is -0.414. The molecule has 16 heavy (non-hydrogen) atoms. The molecule has 82 valence electrons. The quantitative estimate of drug-likeness (QED) is 0.753. The number of benzene rings is 1. The van der Waals surface area contributed by atoms with Crippen LogP contribution in [0.15, 0.2) is 28.9 Å². The molecule has 0 saturated carbocycles. The molecule has 0 aliphatic rings. The van der Waals surface area contributed by atoms with Gasteiger partial charge >= 0.3 is 5.97 Å². The largest absolute Gasteiger partial charge is 0.464 e. The van der Waals surface area contributed by atoms with Crippen LogP contribution in [0.25, 0.3) is 10.8 Å². The van der Waals surface area contributed by atoms with E-state index in [1.165, 1.54) is 7.11 Å². The fourth-order valence-electron chi connectivity index (χ4n) is 1.58. The smallest absolute Gasteiger partial charge is 0.357 e. The van der Waals surface area contributed by atoms with Gasteiger partial charge in [-0.25, -0.2) is 9.78 Å². The van der Waals surface area contributed by atoms with E-state index in [0.29, 0.717) is 5.69 Å². The SMILES string of the molecule is COC(=O)c1ncc(Br)c2ccc(C)cc12. The molecule has 2 aromatic rings. The molecule has 1 heterocycles. The zero-order valence-electron chi connectivity index (χ0n) is 8.95. The summed E-state index contributed by atoms with van der Waals surface area (Å²) in [5, 5.41) is 1.77. The predicted octanol–water partition coefficient (Wildman–Crippen LogP) is 3.09. The maximum absolute atomic E-state index is 11.5. The number of carbonyl (C=O) groups excluding carboxylic acids is 1. The third kappa shape index (κ3) is 1.80. The van der Waals surface area contributed by atoms with Crippen LogP contribution < -0.4 is 0 Å². The van der Waals surface area contributed by atoms with Crippen molar-refractivity contribution < 1.29 is 9.53 Å². The highest BCUT2D eigenvalue weighted by Crippen LogP contribution is 2.26. The summed E-state index contributed by atoms with van der Waals surface area (Å²) in [4.78, 5) is 15.6. The van der Waals surface area contributed by atoms with E-state index >= 15 is 0 Å². The number of ether oxygens (including phenoxy) is 1. The number of pyridine rings is 1. The van der Waals surface area contributed by atoms with Gasteiger partial charge < -0.3 is 4.74 Å². The molecule has 0 aliphatic heterocycles. The Morgan fingerprint density at radius 2 is 2.12 bits per heavy atom. The Hall–Kier alpha value is -1.42. The van der Waals surface area contributed by atoms with E-state index in [1.54, 1.807) is 6.20 Å². The second-order valence-electron chi connectivity index (χ2n) is 3.50. The molecule has 0 atom stereocenters. The minimum atomic E-state index is -0.414. The van der Waals surface area contributed by atoms with Crippen molar-refractivity contribution >= 4 is 32.7 Å². The van der Waals surface area contributed by atoms with Crippen molar-refractivity contribution in [1.29, 1.82) is 0 Å². The Bertz CT molecular complexity index is 566. The number of aryl methyl sites for hydroxylation is 1. The van der Waals surface area contributed by atoms with Gasteiger partial charge in [0, 0.05) is 16.1 Å². The van der Waals surface area contributed by atoms with Crippen LogP contribution in [0.5, 0.6) is 0 Å². The number of hydrogen-bond donors (Lipinski definition) is 0. The highest BCUT2D eigenvalue weighted by molar-refractivity contribution is 9.10. The van der Waals surface area contributed by atoms with Crippen LogP contribution in [-0.4, -0.2) is 18.1 Å². The van der Waals surface area contributed by atoms with Gasteiger partial charge in [0.2, 0.25) is 0 Å². The lowest BCUT2D eigenvalue weighted by molar-refractivity contribution is 0.0596. The van der Waals surface area contributed by atoms with E-state index in [9.17, 15) is 4.79 Å². The van der Waals surface area contributed by atoms with Gasteiger partial charge in [0.1, 0.15) is 0 Å². The van der Waals surface area contributed by atoms with Crippen LogP contribution >= 0.6 is 15.9 Å². The Morgan fingerprint density at radius 3 is 2.81 bits per heavy atom. The van der Waals surface area contributed by atoms with Crippen LogP contribution in [0, 0.1) is 6.92 Å². The number of aromatic nitrogens is 1. The van der Waals surface area contributed by atoms with E-state index in [0.717, 1.165) is 20.8 Å². The first-order valence-corrected chi connectivity index (χ1v) is 5.56. The van der Waals surface area contributed by atoms with Crippen molar-refractivity contribution in [2.45, 2.75) is 6.92 Å². The molecule has 0 unspecified atom stereocenters. The Kier molecular flexibility index (Phi) is 2.92. The van der Waals surface area contributed by atoms with Crippen molar-refractivity contribution in [3.8, 4) is 0 Å². The van der Waals surface area contributed by atoms with Crippen LogP contribution in [0.3, 0.4) is 0 Å². The average molecular weight is 280 g/mol. The lowest BCUT2D eigenvalue weighted by Gasteiger charge is -2.06. The van der Waals surface area contributed by atoms with Crippen molar-refractivity contribution in [1.82, 2.24) is 4.98 Å². The van der Waals surface area contributed by atoms with Gasteiger partial charge in [0.25, 0.3) is 0 Å². The van der Waals surface area contributed by atoms with E-state index in [2.05, 4.69) is 20.9 Å². The summed E-state index contributed by atoms with van der Waals surface area (Å²) < 4.78 is 5.58. The summed E-state index contributed by atoms with van der Waals surface area (Å²) in [6, 6.07) is 5.89. The maximum atomic E-state index is 11.5. The molecule has 0 spiro atoms. The first kappa shape index (κ1) is 11.1. The van der Waals surface area contributed by atoms with Crippen molar-refractivity contribution in [2.75, 3.05) is 7.11 Å². The average Bonchev–Trinajstić information content (AvgIpc) is 2.28. The van der Waals surface area contributed by atoms with Crippen LogP contribution in [0.1, 0.15) is 16.1 Å². The Morgan fingerprint density at radius 1 is 1.38 bits per heavy atom. The van der Waals surface area contributed by atoms with Gasteiger partial charge in [0.05, 0.1) is 7.11 Å². The molecule has 0 amide bonds. The predicted molar refractivity (Wildman–Crippen MR) is 65.5 cm³/mol. The normalized spacial score (nSPS) is 10.4. The number of hydrogen-bond acceptors (Lipinski definition) is 3. The monoisotopic (exact) mass is 279 g/mol. The summed E-state index contributed by atoms with van der Waals surface area (Å²) in [6.07, 6.45) is 1.62. The van der Waals surface area contributed by atoms with E-state index < -0.39 is 5.97 Å². The number of halogens is 1. The molecular formula is C12H10BrNO2. The van der Waals surface area contributed by atoms with Gasteiger partial charge in [-0.1, -0.05) is 17.7 Å². The van der Waals surface area contributed by atoms with Gasteiger partial charge in [-0.3, -0.25) is 0 Å². The van der Waals surface area contributed by atoms with Gasteiger partial charge in [-0.05, 0) is 34.3 Å². The number of esters is 1. The summed E-state index contributed by atoms with van der Waals surface area (Å²) >= 11 is 3.41. The molecule has 1 aromatic carbocycles. The number of methoxy groups -OCH3 is 1. The molecule has 0 radical (unpaired) electrons. The summed E-state index contributed by atoms with van der Waals surface area (Å²) in [5.41, 5.74) is 1.43. The topological polar surface area (TPSA) is 39.2 Å². The number of carbonyl (C=O) groups is 1. The van der Waals surface area contributed by atoms with Gasteiger partial charge in [-0.2, -0.15) is 0 Å². The standard InChI is InChI=1S/C12H10BrNO2/c1-7-3-4-8-9(5-7)11(12(15)16-2)14-6-10(8)13/h3-6H,1-2H3. The minimum Gasteiger partial charge on any atom is -0.464 e. The zero-order chi connectivity index (χ0) is 11.7. The summed E-state index contributed by atoms with van der Waals surface area (Å²) in [7, 11) is 1.35. The van der Waals surface area contributed by atoms with Crippen molar-refractivity contribution in [3.63, 3.8) is 0 Å². The molecule has 4 heteroatoms. The third-order valence-electron chi connectivity index (χ3n) is 2.37. The fraction of sp³-hybridized carbons (Fsp3) is 0.167. The zero-order valence-corrected chi connectivity index (χ0v) is 10.5. The molecule has 0 aliphatic carbocycles. The summed E-state index contributed by atoms with van der Waals surface area (Å²) in [6.45, 7) is 1.97. The van der Waals surface area contributed by atoms with E-state index in [4.69, 9.17) is 4.74 Å². The molecular weight excluding hydrogens is 270 g/mol. The third-order valence-corrected chi connectivity index (χ3v) is 3.01. The number of nitrogens with zero attached hydrogens (tertiary/aromatic N) is 1. The Labute approximate surface area is 102 Å². The number of fused-ring (bicyclic) bond motifs is 1. The highest BCUT2D eigenvalue weighted by Gasteiger charge is 2.13. The molecule has 0 fully saturated rings. The first-order chi connectivity index (χ1) is 7.63. The highest BCUT2D eigenvalue weighted by atomic mass is 79.9. The van der Waals surface area contributed by atoms with Crippen molar-refractivity contribution in [3.05, 3.63) is 40.1 Å². The molecule has 1 aromatic heterocycles. The number of rotatable bonds is 1. The van der Waals surface area contributed by atoms with Gasteiger partial charge in [0.15, 0.2) is 5.69 Å². The van der Waals surface area contributed by atoms with Gasteiger partial charge in [-0.15, -0.1) is 0 Å². The second-order valence-corrected chi connectivity index (χ2v) is 4.35. The lowest BCUT2D eigenvalue weighted by atomic mass is 10.1. The maximum Gasteiger partial charge on any atom is 0.357 e. The fourth-order valence-corrected chi connectivity index (χ4v) is 2.03. The minimum absolute atomic E-state index is 0.351. The Balaban J connectivity index is 2.80. The molecule has 2 rings (SSSR count). The van der Waals surface area contributed by atoms with E-state index in [-0.39, 0.29) is 0 Å². The molecule has 3 nitrogen and oxygen atoms in total. The van der Waals surface area contributed by atoms with Crippen LogP contribution in [-0.2, 0) is 4.74 Å². The van der Waals surface area contributed by atoms with Crippen molar-refractivity contribution in [2.24, 2.45) is 0 Å². The molecule has 0 bridgehead atoms. The van der Waals surface area contributed by atoms with Crippen LogP contribution in [0.2, 0.25) is 0 Å². The van der Waals surface area contributed by atoms with E-state index in [1.807, 2.05) is 25.1 Å². The molecule has 0 N–H and O–H groups in total. The second kappa shape index (κ2) is 4.22. The first-order valence-electron chi connectivity index (χ1n) is 4.76. The lowest BCUT2D eigenvalue weighted by Crippen LogP contribution is -2.05.